The molecule has 3 aromatic heterocycles. The molecule has 0 aliphatic carbocycles. The zero-order valence-electron chi connectivity index (χ0n) is 29.6. The minimum atomic E-state index is -1.13. The molecule has 4 heterocycles. The molecule has 12 heteroatoms. The van der Waals surface area contributed by atoms with Gasteiger partial charge in [0.2, 0.25) is 0 Å². The van der Waals surface area contributed by atoms with Crippen molar-refractivity contribution < 1.29 is 24.3 Å². The Labute approximate surface area is 305 Å². The number of carboxylic acid groups (broad SMARTS) is 1. The fraction of sp³-hybridized carbons (Fsp3) is 0.308. The summed E-state index contributed by atoms with van der Waals surface area (Å²) in [7, 11) is 3.33. The number of aryl methyl sites for hydroxylation is 5. The lowest BCUT2D eigenvalue weighted by Crippen LogP contribution is -2.43. The van der Waals surface area contributed by atoms with Gasteiger partial charge in [-0.15, -0.1) is 0 Å². The van der Waals surface area contributed by atoms with E-state index in [0.29, 0.717) is 53.3 Å². The van der Waals surface area contributed by atoms with Crippen LogP contribution in [0, 0.1) is 27.7 Å². The number of amides is 1. The van der Waals surface area contributed by atoms with Gasteiger partial charge in [0, 0.05) is 52.3 Å². The predicted octanol–water partition coefficient (Wildman–Crippen LogP) is 8.53. The largest absolute Gasteiger partial charge is 0.494 e. The van der Waals surface area contributed by atoms with Gasteiger partial charge in [0.15, 0.2) is 5.69 Å². The Morgan fingerprint density at radius 1 is 1.02 bits per heavy atom. The number of benzene rings is 3. The number of hydrogen-bond donors (Lipinski definition) is 1. The molecular formula is C39H39Cl2N5O5. The van der Waals surface area contributed by atoms with Crippen molar-refractivity contribution in [2.24, 2.45) is 7.05 Å². The maximum atomic E-state index is 15.0. The van der Waals surface area contributed by atoms with Crippen molar-refractivity contribution in [2.75, 3.05) is 25.2 Å². The van der Waals surface area contributed by atoms with Crippen LogP contribution in [0.15, 0.2) is 48.5 Å². The van der Waals surface area contributed by atoms with Crippen LogP contribution in [0.1, 0.15) is 68.4 Å². The number of hydrogen-bond acceptors (Lipinski definition) is 5. The molecule has 1 aliphatic rings. The zero-order valence-corrected chi connectivity index (χ0v) is 31.1. The smallest absolute Gasteiger partial charge is 0.356 e. The van der Waals surface area contributed by atoms with Crippen molar-refractivity contribution in [3.63, 3.8) is 0 Å². The summed E-state index contributed by atoms with van der Waals surface area (Å²) in [5, 5.41) is 17.5. The van der Waals surface area contributed by atoms with Crippen molar-refractivity contribution in [3.05, 3.63) is 98.0 Å². The number of para-hydroxylation sites is 1. The maximum absolute atomic E-state index is 15.0. The minimum absolute atomic E-state index is 0.0279. The van der Waals surface area contributed by atoms with Crippen molar-refractivity contribution in [1.29, 1.82) is 0 Å². The Bertz CT molecular complexity index is 2380. The fourth-order valence-corrected chi connectivity index (χ4v) is 8.06. The average Bonchev–Trinajstić information content (AvgIpc) is 3.72. The molecule has 0 saturated carbocycles. The summed E-state index contributed by atoms with van der Waals surface area (Å²) in [5.74, 6) is -0.573. The van der Waals surface area contributed by atoms with E-state index in [0.717, 1.165) is 60.9 Å². The summed E-state index contributed by atoms with van der Waals surface area (Å²) < 4.78 is 11.5. The number of rotatable bonds is 9. The molecule has 1 amide bonds. The first-order chi connectivity index (χ1) is 24.3. The van der Waals surface area contributed by atoms with E-state index >= 15 is 4.79 Å². The highest BCUT2D eigenvalue weighted by Gasteiger charge is 2.38. The lowest BCUT2D eigenvalue weighted by molar-refractivity contribution is 0.0645. The zero-order chi connectivity index (χ0) is 36.5. The van der Waals surface area contributed by atoms with E-state index in [1.165, 1.54) is 11.8 Å². The van der Waals surface area contributed by atoms with Gasteiger partial charge in [-0.2, -0.15) is 9.83 Å². The van der Waals surface area contributed by atoms with E-state index in [2.05, 4.69) is 11.5 Å². The molecular weight excluding hydrogens is 689 g/mol. The van der Waals surface area contributed by atoms with E-state index in [1.807, 2.05) is 81.9 Å². The molecule has 51 heavy (non-hydrogen) atoms. The van der Waals surface area contributed by atoms with Gasteiger partial charge < -0.3 is 24.1 Å². The molecule has 1 atom stereocenters. The van der Waals surface area contributed by atoms with Crippen molar-refractivity contribution in [1.82, 2.24) is 19.1 Å². The number of nitrogens with zero attached hydrogens (tertiary/aromatic N) is 5. The lowest BCUT2D eigenvalue weighted by atomic mass is 9.98. The summed E-state index contributed by atoms with van der Waals surface area (Å²) in [5.41, 5.74) is 8.93. The second kappa shape index (κ2) is 13.0. The van der Waals surface area contributed by atoms with Gasteiger partial charge in [0.1, 0.15) is 24.1 Å². The second-order valence-corrected chi connectivity index (χ2v) is 14.1. The molecule has 0 spiro atoms. The SMILES string of the molecule is COn1c(C(=O)O)cc2cccc(N3CC(C)n4c(c(CCCOc5cc(C)c(Cl)c(C)c5)c5ccc(Cl)c(-c6c(C)nn(C)c6C)c54)C3=O)c21. The second-order valence-electron chi connectivity index (χ2n) is 13.3. The van der Waals surface area contributed by atoms with Gasteiger partial charge in [-0.05, 0) is 94.5 Å². The number of carbonyl (C=O) groups is 2. The molecule has 1 aliphatic heterocycles. The molecule has 1 unspecified atom stereocenters. The summed E-state index contributed by atoms with van der Waals surface area (Å²) >= 11 is 13.5. The molecule has 264 valence electrons. The topological polar surface area (TPSA) is 104 Å². The number of carbonyl (C=O) groups excluding carboxylic acids is 1. The number of anilines is 1. The van der Waals surface area contributed by atoms with E-state index in [1.54, 1.807) is 11.0 Å². The van der Waals surface area contributed by atoms with Crippen molar-refractivity contribution in [2.45, 2.75) is 53.5 Å². The van der Waals surface area contributed by atoms with Crippen LogP contribution >= 0.6 is 23.2 Å². The first-order valence-electron chi connectivity index (χ1n) is 16.8. The van der Waals surface area contributed by atoms with E-state index in [-0.39, 0.29) is 17.6 Å². The van der Waals surface area contributed by atoms with Crippen LogP contribution in [-0.2, 0) is 13.5 Å². The highest BCUT2D eigenvalue weighted by atomic mass is 35.5. The van der Waals surface area contributed by atoms with Crippen LogP contribution in [0.5, 0.6) is 5.75 Å². The maximum Gasteiger partial charge on any atom is 0.356 e. The van der Waals surface area contributed by atoms with E-state index in [9.17, 15) is 9.90 Å². The van der Waals surface area contributed by atoms with Crippen LogP contribution in [0.4, 0.5) is 5.69 Å². The standard InChI is InChI=1S/C39H39Cl2N5O5/c1-20-16-26(17-21(2)34(20)41)51-15-9-11-27-28-13-14-29(40)33(32-23(4)42-43(6)24(32)5)36(28)45-22(3)19-44(38(47)37(27)45)30-12-8-10-25-18-31(39(48)49)46(50-7)35(25)30/h8,10,12-14,16-18,22H,9,11,15,19H2,1-7H3,(H,48,49). The highest BCUT2D eigenvalue weighted by Crippen LogP contribution is 2.45. The van der Waals surface area contributed by atoms with E-state index < -0.39 is 5.97 Å². The van der Waals surface area contributed by atoms with E-state index in [4.69, 9.17) is 37.9 Å². The summed E-state index contributed by atoms with van der Waals surface area (Å²) in [6, 6.07) is 14.6. The van der Waals surface area contributed by atoms with Gasteiger partial charge in [-0.3, -0.25) is 9.48 Å². The average molecular weight is 729 g/mol. The molecule has 3 aromatic carbocycles. The Kier molecular flexibility index (Phi) is 8.80. The first-order valence-corrected chi connectivity index (χ1v) is 17.6. The minimum Gasteiger partial charge on any atom is -0.494 e. The van der Waals surface area contributed by atoms with Crippen LogP contribution in [0.2, 0.25) is 10.0 Å². The normalized spacial score (nSPS) is 14.5. The Hall–Kier alpha value is -4.93. The third-order valence-corrected chi connectivity index (χ3v) is 10.9. The number of ether oxygens (including phenoxy) is 1. The molecule has 6 aromatic rings. The van der Waals surface area contributed by atoms with Crippen LogP contribution < -0.4 is 14.5 Å². The summed E-state index contributed by atoms with van der Waals surface area (Å²) in [6.45, 7) is 10.8. The number of halogens is 2. The van der Waals surface area contributed by atoms with Crippen LogP contribution in [0.25, 0.3) is 32.9 Å². The molecule has 10 nitrogen and oxygen atoms in total. The quantitative estimate of drug-likeness (QED) is 0.150. The Balaban J connectivity index is 1.39. The number of aromatic carboxylic acids is 1. The molecule has 7 rings (SSSR count). The molecule has 0 fully saturated rings. The van der Waals surface area contributed by atoms with Crippen molar-refractivity contribution >= 4 is 62.6 Å². The van der Waals surface area contributed by atoms with Gasteiger partial charge >= 0.3 is 5.97 Å². The number of fused-ring (bicyclic) bond motifs is 4. The Morgan fingerprint density at radius 2 is 1.75 bits per heavy atom. The highest BCUT2D eigenvalue weighted by molar-refractivity contribution is 6.35. The molecule has 0 saturated heterocycles. The lowest BCUT2D eigenvalue weighted by Gasteiger charge is -2.34. The predicted molar refractivity (Wildman–Crippen MR) is 201 cm³/mol. The number of carboxylic acids is 1. The number of aromatic nitrogens is 4. The third kappa shape index (κ3) is 5.52. The third-order valence-electron chi connectivity index (χ3n) is 10.0. The fourth-order valence-electron chi connectivity index (χ4n) is 7.71. The van der Waals surface area contributed by atoms with Gasteiger partial charge in [-0.1, -0.05) is 41.4 Å². The van der Waals surface area contributed by atoms with Crippen LogP contribution in [0.3, 0.4) is 0 Å². The van der Waals surface area contributed by atoms with Gasteiger partial charge in [-0.25, -0.2) is 4.79 Å². The Morgan fingerprint density at radius 3 is 2.39 bits per heavy atom. The van der Waals surface area contributed by atoms with Gasteiger partial charge in [0.25, 0.3) is 5.91 Å². The molecule has 1 N–H and O–H groups in total. The molecule has 0 radical (unpaired) electrons. The monoisotopic (exact) mass is 727 g/mol. The van der Waals surface area contributed by atoms with Crippen molar-refractivity contribution in [3.8, 4) is 16.9 Å². The first kappa shape index (κ1) is 34.5. The molecule has 0 bridgehead atoms. The van der Waals surface area contributed by atoms with Gasteiger partial charge in [0.05, 0.1) is 28.5 Å². The van der Waals surface area contributed by atoms with Crippen LogP contribution in [-0.4, -0.2) is 56.3 Å². The summed E-state index contributed by atoms with van der Waals surface area (Å²) in [4.78, 5) is 34.5. The summed E-state index contributed by atoms with van der Waals surface area (Å²) in [6.07, 6.45) is 1.20.